The molecule has 0 saturated carbocycles. The molecule has 3 heterocycles. The Labute approximate surface area is 186 Å². The monoisotopic (exact) mass is 436 g/mol. The van der Waals surface area contributed by atoms with E-state index in [0.717, 1.165) is 78.0 Å². The molecule has 1 aromatic rings. The van der Waals surface area contributed by atoms with Crippen molar-refractivity contribution in [2.24, 2.45) is 10.9 Å². The second kappa shape index (κ2) is 12.6. The first-order valence-electron chi connectivity index (χ1n) is 11.7. The molecule has 7 nitrogen and oxygen atoms in total. The highest BCUT2D eigenvalue weighted by Gasteiger charge is 2.21. The molecule has 0 amide bonds. The molecule has 0 radical (unpaired) electrons. The minimum atomic E-state index is 0.450. The summed E-state index contributed by atoms with van der Waals surface area (Å²) in [6.07, 6.45) is 3.52. The molecule has 1 unspecified atom stereocenters. The van der Waals surface area contributed by atoms with E-state index in [-0.39, 0.29) is 0 Å². The van der Waals surface area contributed by atoms with E-state index >= 15 is 0 Å². The van der Waals surface area contributed by atoms with E-state index in [9.17, 15) is 0 Å². The van der Waals surface area contributed by atoms with Crippen molar-refractivity contribution in [3.05, 3.63) is 16.1 Å². The van der Waals surface area contributed by atoms with Gasteiger partial charge in [-0.15, -0.1) is 11.3 Å². The summed E-state index contributed by atoms with van der Waals surface area (Å²) in [5.41, 5.74) is 1.24. The zero-order valence-electron chi connectivity index (χ0n) is 19.0. The number of hydrogen-bond acceptors (Lipinski definition) is 6. The van der Waals surface area contributed by atoms with Gasteiger partial charge in [-0.1, -0.05) is 6.92 Å². The predicted octanol–water partition coefficient (Wildman–Crippen LogP) is 2.19. The topological polar surface area (TPSA) is 65.0 Å². The number of guanidine groups is 1. The first-order chi connectivity index (χ1) is 14.7. The number of piperidine rings is 1. The van der Waals surface area contributed by atoms with Crippen molar-refractivity contribution in [1.29, 1.82) is 0 Å². The lowest BCUT2D eigenvalue weighted by molar-refractivity contribution is 0.0220. The summed E-state index contributed by atoms with van der Waals surface area (Å²) in [6.45, 7) is 16.3. The highest BCUT2D eigenvalue weighted by atomic mass is 32.1. The Hall–Kier alpha value is -1.22. The molecule has 0 bridgehead atoms. The van der Waals surface area contributed by atoms with Gasteiger partial charge in [-0.3, -0.25) is 14.8 Å². The Bertz CT molecular complexity index is 637. The fraction of sp³-hybridized carbons (Fsp3) is 0.818. The van der Waals surface area contributed by atoms with Gasteiger partial charge in [0.2, 0.25) is 0 Å². The van der Waals surface area contributed by atoms with Crippen molar-refractivity contribution in [1.82, 2.24) is 25.4 Å². The first kappa shape index (κ1) is 23.4. The Morgan fingerprint density at radius 1 is 1.23 bits per heavy atom. The molecule has 3 rings (SSSR count). The molecule has 170 valence electrons. The highest BCUT2D eigenvalue weighted by Crippen LogP contribution is 2.19. The first-order valence-corrected chi connectivity index (χ1v) is 12.6. The maximum absolute atomic E-state index is 5.46. The minimum Gasteiger partial charge on any atom is -0.379 e. The molecule has 0 aliphatic carbocycles. The summed E-state index contributed by atoms with van der Waals surface area (Å²) in [5, 5.41) is 10.5. The number of morpholine rings is 1. The molecule has 2 aliphatic rings. The zero-order valence-corrected chi connectivity index (χ0v) is 19.8. The minimum absolute atomic E-state index is 0.450. The van der Waals surface area contributed by atoms with Gasteiger partial charge in [0.05, 0.1) is 30.5 Å². The largest absolute Gasteiger partial charge is 0.379 e. The Balaban J connectivity index is 1.38. The molecule has 0 aromatic carbocycles. The van der Waals surface area contributed by atoms with Crippen LogP contribution in [0.5, 0.6) is 0 Å². The molecule has 8 heteroatoms. The number of aliphatic imine (C=N–C) groups is 1. The van der Waals surface area contributed by atoms with Crippen LogP contribution in [0.3, 0.4) is 0 Å². The van der Waals surface area contributed by atoms with Gasteiger partial charge in [-0.2, -0.15) is 0 Å². The van der Waals surface area contributed by atoms with E-state index in [2.05, 4.69) is 46.6 Å². The average molecular weight is 437 g/mol. The van der Waals surface area contributed by atoms with Crippen LogP contribution >= 0.6 is 11.3 Å². The van der Waals surface area contributed by atoms with E-state index in [1.807, 2.05) is 0 Å². The Kier molecular flexibility index (Phi) is 9.84. The lowest BCUT2D eigenvalue weighted by Crippen LogP contribution is -2.45. The molecular weight excluding hydrogens is 396 g/mol. The van der Waals surface area contributed by atoms with E-state index in [1.165, 1.54) is 23.5 Å². The molecular formula is C22H40N6OS. The van der Waals surface area contributed by atoms with Gasteiger partial charge in [0.1, 0.15) is 0 Å². The van der Waals surface area contributed by atoms with E-state index in [0.29, 0.717) is 12.0 Å². The molecule has 0 spiro atoms. The molecule has 2 aliphatic heterocycles. The molecule has 1 atom stereocenters. The van der Waals surface area contributed by atoms with Gasteiger partial charge in [-0.05, 0) is 52.1 Å². The van der Waals surface area contributed by atoms with Crippen molar-refractivity contribution in [3.8, 4) is 0 Å². The van der Waals surface area contributed by atoms with Crippen LogP contribution < -0.4 is 10.6 Å². The molecule has 2 N–H and O–H groups in total. The second-order valence-electron chi connectivity index (χ2n) is 8.40. The maximum atomic E-state index is 5.46. The zero-order chi connectivity index (χ0) is 21.2. The summed E-state index contributed by atoms with van der Waals surface area (Å²) in [7, 11) is 0. The molecule has 2 saturated heterocycles. The standard InChI is InChI=1S/C22H40N6OS/c1-4-21-26-20(17-30-21)16-27-8-6-19(7-9-27)15-25-22(23-5-2)24-14-18(3)28-10-12-29-13-11-28/h17-19H,4-16H2,1-3H3,(H2,23,24,25). The quantitative estimate of drug-likeness (QED) is 0.457. The fourth-order valence-corrected chi connectivity index (χ4v) is 4.84. The van der Waals surface area contributed by atoms with E-state index in [1.54, 1.807) is 11.3 Å². The van der Waals surface area contributed by atoms with Crippen molar-refractivity contribution in [2.75, 3.05) is 59.0 Å². The Morgan fingerprint density at radius 3 is 2.67 bits per heavy atom. The predicted molar refractivity (Wildman–Crippen MR) is 125 cm³/mol. The lowest BCUT2D eigenvalue weighted by atomic mass is 9.97. The van der Waals surface area contributed by atoms with Crippen LogP contribution in [-0.2, 0) is 17.7 Å². The van der Waals surface area contributed by atoms with Gasteiger partial charge in [0, 0.05) is 44.1 Å². The SMILES string of the molecule is CCNC(=NCC(C)N1CCOCC1)NCC1CCN(Cc2csc(CC)n2)CC1. The van der Waals surface area contributed by atoms with Crippen molar-refractivity contribution in [3.63, 3.8) is 0 Å². The number of nitrogens with zero attached hydrogens (tertiary/aromatic N) is 4. The van der Waals surface area contributed by atoms with Gasteiger partial charge in [-0.25, -0.2) is 4.98 Å². The Morgan fingerprint density at radius 2 is 2.00 bits per heavy atom. The van der Waals surface area contributed by atoms with Crippen molar-refractivity contribution in [2.45, 2.75) is 52.6 Å². The highest BCUT2D eigenvalue weighted by molar-refractivity contribution is 7.09. The van der Waals surface area contributed by atoms with Crippen LogP contribution in [0.15, 0.2) is 10.4 Å². The number of nitrogens with one attached hydrogen (secondary N) is 2. The third kappa shape index (κ3) is 7.48. The lowest BCUT2D eigenvalue weighted by Gasteiger charge is -2.32. The number of ether oxygens (including phenoxy) is 1. The molecule has 1 aromatic heterocycles. The number of thiazole rings is 1. The fourth-order valence-electron chi connectivity index (χ4n) is 4.10. The number of aromatic nitrogens is 1. The summed E-state index contributed by atoms with van der Waals surface area (Å²) in [5.74, 6) is 1.66. The molecule has 2 fully saturated rings. The van der Waals surface area contributed by atoms with Crippen LogP contribution in [0.2, 0.25) is 0 Å². The van der Waals surface area contributed by atoms with E-state index < -0.39 is 0 Å². The number of aryl methyl sites for hydroxylation is 1. The summed E-state index contributed by atoms with van der Waals surface area (Å²) in [6, 6.07) is 0.450. The third-order valence-electron chi connectivity index (χ3n) is 6.08. The normalized spacial score (nSPS) is 21.0. The van der Waals surface area contributed by atoms with Gasteiger partial charge >= 0.3 is 0 Å². The van der Waals surface area contributed by atoms with E-state index in [4.69, 9.17) is 14.7 Å². The van der Waals surface area contributed by atoms with Crippen LogP contribution in [0.25, 0.3) is 0 Å². The van der Waals surface area contributed by atoms with Crippen molar-refractivity contribution >= 4 is 17.3 Å². The summed E-state index contributed by atoms with van der Waals surface area (Å²) < 4.78 is 5.46. The maximum Gasteiger partial charge on any atom is 0.191 e. The van der Waals surface area contributed by atoms with Crippen LogP contribution in [0.4, 0.5) is 0 Å². The van der Waals surface area contributed by atoms with Crippen LogP contribution in [-0.4, -0.2) is 85.8 Å². The summed E-state index contributed by atoms with van der Waals surface area (Å²) in [4.78, 5) is 14.6. The summed E-state index contributed by atoms with van der Waals surface area (Å²) >= 11 is 1.79. The van der Waals surface area contributed by atoms with Crippen LogP contribution in [0, 0.1) is 5.92 Å². The van der Waals surface area contributed by atoms with Crippen LogP contribution in [0.1, 0.15) is 44.3 Å². The smallest absolute Gasteiger partial charge is 0.191 e. The third-order valence-corrected chi connectivity index (χ3v) is 7.12. The van der Waals surface area contributed by atoms with Gasteiger partial charge in [0.25, 0.3) is 0 Å². The average Bonchev–Trinajstić information content (AvgIpc) is 3.24. The molecule has 30 heavy (non-hydrogen) atoms. The number of rotatable bonds is 9. The second-order valence-corrected chi connectivity index (χ2v) is 9.35. The van der Waals surface area contributed by atoms with Gasteiger partial charge in [0.15, 0.2) is 5.96 Å². The number of hydrogen-bond donors (Lipinski definition) is 2. The van der Waals surface area contributed by atoms with Crippen molar-refractivity contribution < 1.29 is 4.74 Å². The number of likely N-dealkylation sites (tertiary alicyclic amines) is 1. The van der Waals surface area contributed by atoms with Gasteiger partial charge < -0.3 is 15.4 Å².